The summed E-state index contributed by atoms with van der Waals surface area (Å²) in [5, 5.41) is 2.56. The summed E-state index contributed by atoms with van der Waals surface area (Å²) in [7, 11) is 0. The molecule has 0 bridgehead atoms. The van der Waals surface area contributed by atoms with Crippen LogP contribution in [0.15, 0.2) is 34.7 Å². The second-order valence-corrected chi connectivity index (χ2v) is 5.79. The molecule has 128 valence electrons. The van der Waals surface area contributed by atoms with Gasteiger partial charge in [0.15, 0.2) is 5.76 Å². The van der Waals surface area contributed by atoms with Gasteiger partial charge in [-0.3, -0.25) is 4.79 Å². The molecule has 1 aliphatic heterocycles. The number of amides is 1. The van der Waals surface area contributed by atoms with E-state index in [4.69, 9.17) is 4.42 Å². The lowest BCUT2D eigenvalue weighted by Crippen LogP contribution is -2.21. The molecule has 2 aromatic rings. The molecule has 1 aromatic heterocycles. The number of hydrogen-bond acceptors (Lipinski definition) is 3. The standard InChI is InChI=1S/C17H17F3N2O2/c1-11-4-7-15(24-11)16(23)21-13-10-12(17(18,19)20)5-6-14(13)22-8-2-3-9-22/h4-7,10H,2-3,8-9H2,1H3,(H,21,23). The van der Waals surface area contributed by atoms with E-state index >= 15 is 0 Å². The molecule has 1 amide bonds. The third kappa shape index (κ3) is 3.39. The van der Waals surface area contributed by atoms with Crippen molar-refractivity contribution in [3.8, 4) is 0 Å². The van der Waals surface area contributed by atoms with Crippen molar-refractivity contribution < 1.29 is 22.4 Å². The van der Waals surface area contributed by atoms with Gasteiger partial charge >= 0.3 is 6.18 Å². The van der Waals surface area contributed by atoms with Crippen LogP contribution in [0.1, 0.15) is 34.7 Å². The second kappa shape index (κ2) is 6.22. The van der Waals surface area contributed by atoms with Gasteiger partial charge in [0.2, 0.25) is 0 Å². The molecule has 0 atom stereocenters. The summed E-state index contributed by atoms with van der Waals surface area (Å²) >= 11 is 0. The number of halogens is 3. The van der Waals surface area contributed by atoms with E-state index in [2.05, 4.69) is 5.32 Å². The molecule has 0 spiro atoms. The Morgan fingerprint density at radius 2 is 1.88 bits per heavy atom. The van der Waals surface area contributed by atoms with Crippen molar-refractivity contribution >= 4 is 17.3 Å². The average Bonchev–Trinajstić information content (AvgIpc) is 3.17. The van der Waals surface area contributed by atoms with Crippen LogP contribution in [0.25, 0.3) is 0 Å². The Morgan fingerprint density at radius 3 is 2.46 bits per heavy atom. The Balaban J connectivity index is 1.94. The fourth-order valence-electron chi connectivity index (χ4n) is 2.79. The van der Waals surface area contributed by atoms with Crippen LogP contribution < -0.4 is 10.2 Å². The summed E-state index contributed by atoms with van der Waals surface area (Å²) in [6.45, 7) is 3.21. The van der Waals surface area contributed by atoms with Gasteiger partial charge in [0, 0.05) is 13.1 Å². The van der Waals surface area contributed by atoms with Crippen molar-refractivity contribution in [1.82, 2.24) is 0 Å². The first-order valence-electron chi connectivity index (χ1n) is 7.68. The highest BCUT2D eigenvalue weighted by Gasteiger charge is 2.32. The van der Waals surface area contributed by atoms with E-state index in [1.165, 1.54) is 12.1 Å². The normalized spacial score (nSPS) is 14.9. The van der Waals surface area contributed by atoms with E-state index in [0.717, 1.165) is 38.1 Å². The molecular formula is C17H17F3N2O2. The number of aryl methyl sites for hydroxylation is 1. The van der Waals surface area contributed by atoms with Crippen LogP contribution in [0.4, 0.5) is 24.5 Å². The van der Waals surface area contributed by atoms with Crippen LogP contribution in [0, 0.1) is 6.92 Å². The molecule has 2 heterocycles. The zero-order chi connectivity index (χ0) is 17.3. The Labute approximate surface area is 137 Å². The van der Waals surface area contributed by atoms with Gasteiger partial charge in [-0.2, -0.15) is 13.2 Å². The summed E-state index contributed by atoms with van der Waals surface area (Å²) in [6.07, 6.45) is -2.51. The first-order valence-corrected chi connectivity index (χ1v) is 7.68. The van der Waals surface area contributed by atoms with Gasteiger partial charge in [-0.25, -0.2) is 0 Å². The lowest BCUT2D eigenvalue weighted by molar-refractivity contribution is -0.137. The second-order valence-electron chi connectivity index (χ2n) is 5.79. The Hall–Kier alpha value is -2.44. The average molecular weight is 338 g/mol. The molecule has 1 saturated heterocycles. The highest BCUT2D eigenvalue weighted by atomic mass is 19.4. The van der Waals surface area contributed by atoms with Crippen LogP contribution >= 0.6 is 0 Å². The maximum atomic E-state index is 13.0. The Morgan fingerprint density at radius 1 is 1.17 bits per heavy atom. The first-order chi connectivity index (χ1) is 11.3. The molecule has 1 aliphatic rings. The molecule has 1 fully saturated rings. The quantitative estimate of drug-likeness (QED) is 0.899. The van der Waals surface area contributed by atoms with Crippen molar-refractivity contribution in [3.63, 3.8) is 0 Å². The lowest BCUT2D eigenvalue weighted by Gasteiger charge is -2.22. The number of hydrogen-bond donors (Lipinski definition) is 1. The minimum absolute atomic E-state index is 0.0669. The maximum absolute atomic E-state index is 13.0. The van der Waals surface area contributed by atoms with Crippen LogP contribution in [0.3, 0.4) is 0 Å². The third-order valence-corrected chi connectivity index (χ3v) is 3.98. The number of rotatable bonds is 3. The lowest BCUT2D eigenvalue weighted by atomic mass is 10.1. The van der Waals surface area contributed by atoms with Crippen LogP contribution in [0.5, 0.6) is 0 Å². The number of alkyl halides is 3. The van der Waals surface area contributed by atoms with Crippen molar-refractivity contribution in [3.05, 3.63) is 47.4 Å². The zero-order valence-corrected chi connectivity index (χ0v) is 13.1. The zero-order valence-electron chi connectivity index (χ0n) is 13.1. The number of nitrogens with one attached hydrogen (secondary N) is 1. The number of anilines is 2. The molecule has 0 unspecified atom stereocenters. The largest absolute Gasteiger partial charge is 0.456 e. The fourth-order valence-corrected chi connectivity index (χ4v) is 2.79. The molecule has 0 radical (unpaired) electrons. The SMILES string of the molecule is Cc1ccc(C(=O)Nc2cc(C(F)(F)F)ccc2N2CCCC2)o1. The molecule has 1 aromatic carbocycles. The molecule has 4 nitrogen and oxygen atoms in total. The summed E-state index contributed by atoms with van der Waals surface area (Å²) in [6, 6.07) is 6.55. The van der Waals surface area contributed by atoms with Gasteiger partial charge in [-0.1, -0.05) is 0 Å². The van der Waals surface area contributed by atoms with Crippen LogP contribution in [-0.4, -0.2) is 19.0 Å². The highest BCUT2D eigenvalue weighted by Crippen LogP contribution is 2.36. The highest BCUT2D eigenvalue weighted by molar-refractivity contribution is 6.04. The van der Waals surface area contributed by atoms with Crippen molar-refractivity contribution in [2.24, 2.45) is 0 Å². The van der Waals surface area contributed by atoms with Gasteiger partial charge in [-0.15, -0.1) is 0 Å². The predicted molar refractivity (Wildman–Crippen MR) is 84.3 cm³/mol. The number of benzene rings is 1. The van der Waals surface area contributed by atoms with E-state index in [9.17, 15) is 18.0 Å². The Kier molecular flexibility index (Phi) is 4.26. The number of carbonyl (C=O) groups excluding carboxylic acids is 1. The topological polar surface area (TPSA) is 45.5 Å². The number of carbonyl (C=O) groups is 1. The fraction of sp³-hybridized carbons (Fsp3) is 0.353. The van der Waals surface area contributed by atoms with Crippen molar-refractivity contribution in [1.29, 1.82) is 0 Å². The number of nitrogens with zero attached hydrogens (tertiary/aromatic N) is 1. The van der Waals surface area contributed by atoms with Crippen LogP contribution in [-0.2, 0) is 6.18 Å². The maximum Gasteiger partial charge on any atom is 0.416 e. The van der Waals surface area contributed by atoms with Gasteiger partial charge in [0.05, 0.1) is 16.9 Å². The van der Waals surface area contributed by atoms with Crippen molar-refractivity contribution in [2.75, 3.05) is 23.3 Å². The van der Waals surface area contributed by atoms with E-state index in [0.29, 0.717) is 11.4 Å². The predicted octanol–water partition coefficient (Wildman–Crippen LogP) is 4.46. The molecule has 0 saturated carbocycles. The third-order valence-electron chi connectivity index (χ3n) is 3.98. The monoisotopic (exact) mass is 338 g/mol. The molecule has 1 N–H and O–H groups in total. The van der Waals surface area contributed by atoms with Gasteiger partial charge in [-0.05, 0) is 50.1 Å². The molecular weight excluding hydrogens is 321 g/mol. The number of furan rings is 1. The van der Waals surface area contributed by atoms with E-state index in [1.807, 2.05) is 4.90 Å². The van der Waals surface area contributed by atoms with E-state index < -0.39 is 17.6 Å². The van der Waals surface area contributed by atoms with Crippen molar-refractivity contribution in [2.45, 2.75) is 25.9 Å². The summed E-state index contributed by atoms with van der Waals surface area (Å²) in [5.74, 6) is 0.0594. The minimum Gasteiger partial charge on any atom is -0.456 e. The first kappa shape index (κ1) is 16.4. The Bertz CT molecular complexity index is 747. The smallest absolute Gasteiger partial charge is 0.416 e. The summed E-state index contributed by atoms with van der Waals surface area (Å²) in [4.78, 5) is 14.2. The summed E-state index contributed by atoms with van der Waals surface area (Å²) < 4.78 is 44.2. The molecule has 3 rings (SSSR count). The van der Waals surface area contributed by atoms with E-state index in [1.54, 1.807) is 13.0 Å². The van der Waals surface area contributed by atoms with E-state index in [-0.39, 0.29) is 11.4 Å². The molecule has 24 heavy (non-hydrogen) atoms. The van der Waals surface area contributed by atoms with Crippen LogP contribution in [0.2, 0.25) is 0 Å². The molecule has 0 aliphatic carbocycles. The minimum atomic E-state index is -4.47. The summed E-state index contributed by atoms with van der Waals surface area (Å²) in [5.41, 5.74) is -0.0562. The van der Waals surface area contributed by atoms with Gasteiger partial charge < -0.3 is 14.6 Å². The van der Waals surface area contributed by atoms with Gasteiger partial charge in [0.25, 0.3) is 5.91 Å². The molecule has 7 heteroatoms. The van der Waals surface area contributed by atoms with Gasteiger partial charge in [0.1, 0.15) is 5.76 Å².